The molecule has 1 aliphatic rings. The zero-order chi connectivity index (χ0) is 17.2. The van der Waals surface area contributed by atoms with Crippen LogP contribution in [0.5, 0.6) is 0 Å². The van der Waals surface area contributed by atoms with Gasteiger partial charge in [-0.3, -0.25) is 4.79 Å². The number of hydrogen-bond donors (Lipinski definition) is 0. The molecule has 1 fully saturated rings. The summed E-state index contributed by atoms with van der Waals surface area (Å²) in [4.78, 5) is 22.2. The van der Waals surface area contributed by atoms with Crippen LogP contribution in [0.4, 0.5) is 0 Å². The molecule has 7 nitrogen and oxygen atoms in total. The lowest BCUT2D eigenvalue weighted by Gasteiger charge is -2.30. The van der Waals surface area contributed by atoms with Gasteiger partial charge < -0.3 is 4.90 Å². The van der Waals surface area contributed by atoms with Crippen LogP contribution in [0.25, 0.3) is 0 Å². The summed E-state index contributed by atoms with van der Waals surface area (Å²) >= 11 is 0. The molecule has 8 heteroatoms. The third-order valence-corrected chi connectivity index (χ3v) is 5.23. The van der Waals surface area contributed by atoms with Gasteiger partial charge in [-0.1, -0.05) is 0 Å². The van der Waals surface area contributed by atoms with Crippen molar-refractivity contribution in [3.63, 3.8) is 0 Å². The lowest BCUT2D eigenvalue weighted by molar-refractivity contribution is 0.0821. The third-order valence-electron chi connectivity index (χ3n) is 3.96. The zero-order valence-electron chi connectivity index (χ0n) is 14.1. The van der Waals surface area contributed by atoms with Crippen LogP contribution in [-0.2, 0) is 16.4 Å². The Labute approximate surface area is 137 Å². The molecular formula is C15H24N4O3S. The molecule has 0 radical (unpaired) electrons. The van der Waals surface area contributed by atoms with Crippen molar-refractivity contribution < 1.29 is 13.2 Å². The highest BCUT2D eigenvalue weighted by Gasteiger charge is 2.26. The summed E-state index contributed by atoms with van der Waals surface area (Å²) in [5.41, 5.74) is 1.18. The molecule has 1 amide bonds. The van der Waals surface area contributed by atoms with Crippen LogP contribution in [0.15, 0.2) is 6.07 Å². The maximum atomic E-state index is 12.1. The van der Waals surface area contributed by atoms with E-state index in [0.717, 1.165) is 18.5 Å². The molecule has 1 aromatic rings. The number of rotatable bonds is 4. The fourth-order valence-electron chi connectivity index (χ4n) is 2.86. The zero-order valence-corrected chi connectivity index (χ0v) is 14.9. The largest absolute Gasteiger partial charge is 0.343 e. The molecule has 0 unspecified atom stereocenters. The van der Waals surface area contributed by atoms with Gasteiger partial charge in [-0.05, 0) is 38.2 Å². The summed E-state index contributed by atoms with van der Waals surface area (Å²) in [6.07, 6.45) is 3.72. The molecule has 1 saturated heterocycles. The van der Waals surface area contributed by atoms with Crippen molar-refractivity contribution in [1.82, 2.24) is 19.2 Å². The SMILES string of the molecule is Cc1nc(C[C@@H]2CCCN(S(C)(=O)=O)C2)cc(C(=O)N(C)C)n1. The van der Waals surface area contributed by atoms with Crippen LogP contribution in [0.1, 0.15) is 34.8 Å². The minimum absolute atomic E-state index is 0.154. The molecule has 23 heavy (non-hydrogen) atoms. The van der Waals surface area contributed by atoms with Gasteiger partial charge >= 0.3 is 0 Å². The Hall–Kier alpha value is -1.54. The van der Waals surface area contributed by atoms with E-state index < -0.39 is 10.0 Å². The highest BCUT2D eigenvalue weighted by Crippen LogP contribution is 2.22. The molecule has 1 aromatic heterocycles. The van der Waals surface area contributed by atoms with Crippen molar-refractivity contribution >= 4 is 15.9 Å². The molecule has 0 aromatic carbocycles. The molecule has 128 valence electrons. The van der Waals surface area contributed by atoms with Crippen molar-refractivity contribution in [1.29, 1.82) is 0 Å². The topological polar surface area (TPSA) is 83.5 Å². The number of aryl methyl sites for hydroxylation is 1. The van der Waals surface area contributed by atoms with Crippen molar-refractivity contribution in [2.45, 2.75) is 26.2 Å². The number of sulfonamides is 1. The van der Waals surface area contributed by atoms with Gasteiger partial charge in [-0.25, -0.2) is 22.7 Å². The summed E-state index contributed by atoms with van der Waals surface area (Å²) in [6.45, 7) is 2.86. The average molecular weight is 340 g/mol. The van der Waals surface area contributed by atoms with Crippen LogP contribution >= 0.6 is 0 Å². The fourth-order valence-corrected chi connectivity index (χ4v) is 3.81. The summed E-state index contributed by atoms with van der Waals surface area (Å²) in [6, 6.07) is 1.72. The third kappa shape index (κ3) is 4.71. The quantitative estimate of drug-likeness (QED) is 0.806. The predicted molar refractivity (Wildman–Crippen MR) is 87.6 cm³/mol. The lowest BCUT2D eigenvalue weighted by Crippen LogP contribution is -2.39. The van der Waals surface area contributed by atoms with Crippen LogP contribution in [0, 0.1) is 12.8 Å². The minimum Gasteiger partial charge on any atom is -0.343 e. The minimum atomic E-state index is -3.15. The Balaban J connectivity index is 2.15. The maximum absolute atomic E-state index is 12.1. The van der Waals surface area contributed by atoms with Crippen molar-refractivity contribution in [2.75, 3.05) is 33.4 Å². The van der Waals surface area contributed by atoms with E-state index in [0.29, 0.717) is 31.0 Å². The normalized spacial score (nSPS) is 19.6. The van der Waals surface area contributed by atoms with Crippen LogP contribution in [0.2, 0.25) is 0 Å². The number of carbonyl (C=O) groups excluding carboxylic acids is 1. The van der Waals surface area contributed by atoms with Crippen LogP contribution in [-0.4, -0.2) is 66.9 Å². The van der Waals surface area contributed by atoms with E-state index in [2.05, 4.69) is 9.97 Å². The number of carbonyl (C=O) groups is 1. The highest BCUT2D eigenvalue weighted by molar-refractivity contribution is 7.88. The molecule has 1 aliphatic heterocycles. The molecule has 2 heterocycles. The summed E-state index contributed by atoms with van der Waals surface area (Å²) in [5, 5.41) is 0. The number of hydrogen-bond acceptors (Lipinski definition) is 5. The monoisotopic (exact) mass is 340 g/mol. The maximum Gasteiger partial charge on any atom is 0.272 e. The fraction of sp³-hybridized carbons (Fsp3) is 0.667. The first-order valence-corrected chi connectivity index (χ1v) is 9.53. The Bertz CT molecular complexity index is 688. The average Bonchev–Trinajstić information content (AvgIpc) is 2.45. The second-order valence-electron chi connectivity index (χ2n) is 6.32. The van der Waals surface area contributed by atoms with Gasteiger partial charge in [0.25, 0.3) is 5.91 Å². The van der Waals surface area contributed by atoms with E-state index in [9.17, 15) is 13.2 Å². The van der Waals surface area contributed by atoms with E-state index in [1.54, 1.807) is 27.1 Å². The van der Waals surface area contributed by atoms with Gasteiger partial charge in [0.05, 0.1) is 6.26 Å². The van der Waals surface area contributed by atoms with Gasteiger partial charge in [0, 0.05) is 32.9 Å². The molecule has 0 N–H and O–H groups in total. The number of piperidine rings is 1. The van der Waals surface area contributed by atoms with Crippen molar-refractivity contribution in [3.8, 4) is 0 Å². The predicted octanol–water partition coefficient (Wildman–Crippen LogP) is 0.701. The molecule has 2 rings (SSSR count). The van der Waals surface area contributed by atoms with Crippen LogP contribution in [0.3, 0.4) is 0 Å². The second kappa shape index (κ2) is 6.92. The summed E-state index contributed by atoms with van der Waals surface area (Å²) < 4.78 is 24.9. The molecular weight excluding hydrogens is 316 g/mol. The van der Waals surface area contributed by atoms with Gasteiger partial charge in [0.15, 0.2) is 0 Å². The molecule has 0 spiro atoms. The first-order valence-electron chi connectivity index (χ1n) is 7.68. The van der Waals surface area contributed by atoms with Gasteiger partial charge in [-0.2, -0.15) is 0 Å². The van der Waals surface area contributed by atoms with E-state index in [1.165, 1.54) is 15.5 Å². The number of aromatic nitrogens is 2. The standard InChI is InChI=1S/C15H24N4O3S/c1-11-16-13(9-14(17-11)15(20)18(2)3)8-12-6-5-7-19(10-12)23(4,21)22/h9,12H,5-8,10H2,1-4H3/t12-/m0/s1. The van der Waals surface area contributed by atoms with Gasteiger partial charge in [0.1, 0.15) is 11.5 Å². The highest BCUT2D eigenvalue weighted by atomic mass is 32.2. The first-order chi connectivity index (χ1) is 10.7. The molecule has 0 aliphatic carbocycles. The number of nitrogens with zero attached hydrogens (tertiary/aromatic N) is 4. The Morgan fingerprint density at radius 2 is 2.09 bits per heavy atom. The summed E-state index contributed by atoms with van der Waals surface area (Å²) in [5.74, 6) is 0.622. The Kier molecular flexibility index (Phi) is 5.36. The van der Waals surface area contributed by atoms with Gasteiger partial charge in [-0.15, -0.1) is 0 Å². The van der Waals surface area contributed by atoms with E-state index in [1.807, 2.05) is 0 Å². The van der Waals surface area contributed by atoms with Crippen molar-refractivity contribution in [3.05, 3.63) is 23.3 Å². The van der Waals surface area contributed by atoms with Crippen molar-refractivity contribution in [2.24, 2.45) is 5.92 Å². The molecule has 1 atom stereocenters. The van der Waals surface area contributed by atoms with E-state index in [4.69, 9.17) is 0 Å². The van der Waals surface area contributed by atoms with Gasteiger partial charge in [0.2, 0.25) is 10.0 Å². The smallest absolute Gasteiger partial charge is 0.272 e. The molecule has 0 saturated carbocycles. The first kappa shape index (κ1) is 17.8. The van der Waals surface area contributed by atoms with E-state index in [-0.39, 0.29) is 11.8 Å². The Morgan fingerprint density at radius 3 is 2.70 bits per heavy atom. The lowest BCUT2D eigenvalue weighted by atomic mass is 9.94. The van der Waals surface area contributed by atoms with E-state index >= 15 is 0 Å². The number of amides is 1. The molecule has 0 bridgehead atoms. The Morgan fingerprint density at radius 1 is 1.39 bits per heavy atom. The second-order valence-corrected chi connectivity index (χ2v) is 8.31. The van der Waals surface area contributed by atoms with Crippen LogP contribution < -0.4 is 0 Å². The summed E-state index contributed by atoms with van der Waals surface area (Å²) in [7, 11) is 0.218.